The van der Waals surface area contributed by atoms with Crippen molar-refractivity contribution in [3.05, 3.63) is 29.6 Å². The second-order valence-corrected chi connectivity index (χ2v) is 5.03. The molecule has 0 aliphatic carbocycles. The predicted octanol–water partition coefficient (Wildman–Crippen LogP) is 1.76. The third kappa shape index (κ3) is 3.04. The third-order valence-corrected chi connectivity index (χ3v) is 3.70. The predicted molar refractivity (Wildman–Crippen MR) is 68.4 cm³/mol. The Kier molecular flexibility index (Phi) is 4.04. The lowest BCUT2D eigenvalue weighted by Crippen LogP contribution is -2.40. The van der Waals surface area contributed by atoms with Crippen LogP contribution in [-0.2, 0) is 0 Å². The van der Waals surface area contributed by atoms with E-state index in [9.17, 15) is 19.4 Å². The first-order valence-corrected chi connectivity index (χ1v) is 6.45. The fourth-order valence-corrected chi connectivity index (χ4v) is 2.44. The molecule has 1 saturated heterocycles. The van der Waals surface area contributed by atoms with E-state index >= 15 is 0 Å². The number of benzene rings is 1. The van der Waals surface area contributed by atoms with Gasteiger partial charge in [-0.2, -0.15) is 0 Å². The van der Waals surface area contributed by atoms with Gasteiger partial charge in [0.1, 0.15) is 11.6 Å². The van der Waals surface area contributed by atoms with Crippen LogP contribution >= 0.6 is 0 Å². The van der Waals surface area contributed by atoms with Crippen LogP contribution in [0.2, 0.25) is 0 Å². The van der Waals surface area contributed by atoms with Crippen molar-refractivity contribution in [3.63, 3.8) is 0 Å². The summed E-state index contributed by atoms with van der Waals surface area (Å²) >= 11 is 0. The number of piperidine rings is 1. The molecule has 1 fully saturated rings. The Morgan fingerprint density at radius 1 is 1.42 bits per heavy atom. The molecular formula is C14H18FNO3. The zero-order valence-corrected chi connectivity index (χ0v) is 10.8. The van der Waals surface area contributed by atoms with Crippen molar-refractivity contribution in [1.82, 2.24) is 4.90 Å². The van der Waals surface area contributed by atoms with Crippen LogP contribution in [0.1, 0.15) is 30.1 Å². The summed E-state index contributed by atoms with van der Waals surface area (Å²) in [5.74, 6) is -0.975. The highest BCUT2D eigenvalue weighted by atomic mass is 19.1. The van der Waals surface area contributed by atoms with Gasteiger partial charge < -0.3 is 15.1 Å². The molecule has 1 unspecified atom stereocenters. The van der Waals surface area contributed by atoms with E-state index in [1.165, 1.54) is 6.07 Å². The molecule has 1 amide bonds. The number of amides is 1. The number of hydrogen-bond donors (Lipinski definition) is 2. The molecule has 1 aromatic carbocycles. The molecule has 104 valence electrons. The molecule has 0 radical (unpaired) electrons. The number of hydrogen-bond acceptors (Lipinski definition) is 3. The first-order valence-electron chi connectivity index (χ1n) is 6.45. The van der Waals surface area contributed by atoms with Crippen molar-refractivity contribution in [3.8, 4) is 5.75 Å². The molecule has 0 aromatic heterocycles. The third-order valence-electron chi connectivity index (χ3n) is 3.70. The van der Waals surface area contributed by atoms with Gasteiger partial charge in [0.15, 0.2) is 0 Å². The zero-order chi connectivity index (χ0) is 14.0. The lowest BCUT2D eigenvalue weighted by Gasteiger charge is -2.33. The maximum atomic E-state index is 12.9. The Morgan fingerprint density at radius 2 is 2.05 bits per heavy atom. The maximum Gasteiger partial charge on any atom is 0.257 e. The number of aliphatic hydroxyl groups is 1. The molecule has 1 aliphatic rings. The van der Waals surface area contributed by atoms with Crippen LogP contribution in [0.5, 0.6) is 5.75 Å². The number of aliphatic hydroxyl groups excluding tert-OH is 1. The summed E-state index contributed by atoms with van der Waals surface area (Å²) in [7, 11) is 0. The number of phenolic OH excluding ortho intramolecular Hbond substituents is 1. The molecule has 1 aliphatic heterocycles. The van der Waals surface area contributed by atoms with Crippen LogP contribution in [0.3, 0.4) is 0 Å². The van der Waals surface area contributed by atoms with Gasteiger partial charge in [0.25, 0.3) is 5.91 Å². The number of phenols is 1. The van der Waals surface area contributed by atoms with Gasteiger partial charge in [0.2, 0.25) is 0 Å². The molecule has 1 aromatic rings. The van der Waals surface area contributed by atoms with Crippen LogP contribution in [0.25, 0.3) is 0 Å². The van der Waals surface area contributed by atoms with Crippen LogP contribution in [0, 0.1) is 11.7 Å². The molecule has 0 saturated carbocycles. The summed E-state index contributed by atoms with van der Waals surface area (Å²) in [6.07, 6.45) is 1.12. The molecule has 2 rings (SSSR count). The van der Waals surface area contributed by atoms with Crippen LogP contribution < -0.4 is 0 Å². The first kappa shape index (κ1) is 13.8. The first-order chi connectivity index (χ1) is 8.99. The van der Waals surface area contributed by atoms with Crippen molar-refractivity contribution in [2.75, 3.05) is 13.1 Å². The smallest absolute Gasteiger partial charge is 0.257 e. The molecule has 4 nitrogen and oxygen atoms in total. The van der Waals surface area contributed by atoms with E-state index in [1.54, 1.807) is 11.8 Å². The molecular weight excluding hydrogens is 249 g/mol. The van der Waals surface area contributed by atoms with Gasteiger partial charge in [-0.15, -0.1) is 0 Å². The molecule has 5 heteroatoms. The van der Waals surface area contributed by atoms with Gasteiger partial charge in [-0.25, -0.2) is 4.39 Å². The van der Waals surface area contributed by atoms with Crippen LogP contribution in [0.15, 0.2) is 18.2 Å². The average molecular weight is 267 g/mol. The van der Waals surface area contributed by atoms with Gasteiger partial charge in [-0.3, -0.25) is 4.79 Å². The minimum absolute atomic E-state index is 0.122. The number of aromatic hydroxyl groups is 1. The van der Waals surface area contributed by atoms with Crippen molar-refractivity contribution in [1.29, 1.82) is 0 Å². The summed E-state index contributed by atoms with van der Waals surface area (Å²) in [6, 6.07) is 3.40. The quantitative estimate of drug-likeness (QED) is 0.858. The molecule has 1 heterocycles. The Labute approximate surface area is 111 Å². The lowest BCUT2D eigenvalue weighted by molar-refractivity contribution is 0.0519. The van der Waals surface area contributed by atoms with E-state index in [0.29, 0.717) is 13.1 Å². The lowest BCUT2D eigenvalue weighted by atomic mass is 9.92. The van der Waals surface area contributed by atoms with Gasteiger partial charge in [-0.1, -0.05) is 0 Å². The van der Waals surface area contributed by atoms with E-state index in [4.69, 9.17) is 0 Å². The van der Waals surface area contributed by atoms with Crippen molar-refractivity contribution in [2.24, 2.45) is 5.92 Å². The van der Waals surface area contributed by atoms with E-state index in [2.05, 4.69) is 0 Å². The number of likely N-dealkylation sites (tertiary alicyclic amines) is 1. The monoisotopic (exact) mass is 267 g/mol. The molecule has 0 spiro atoms. The summed E-state index contributed by atoms with van der Waals surface area (Å²) < 4.78 is 12.9. The SMILES string of the molecule is CC(O)C1CCN(C(=O)c2ccc(F)cc2O)CC1. The molecule has 19 heavy (non-hydrogen) atoms. The van der Waals surface area contributed by atoms with E-state index in [-0.39, 0.29) is 29.2 Å². The second-order valence-electron chi connectivity index (χ2n) is 5.03. The summed E-state index contributed by atoms with van der Waals surface area (Å²) in [4.78, 5) is 13.8. The Balaban J connectivity index is 2.05. The minimum Gasteiger partial charge on any atom is -0.507 e. The number of carbonyl (C=O) groups excluding carboxylic acids is 1. The summed E-state index contributed by atoms with van der Waals surface area (Å²) in [5, 5.41) is 19.1. The van der Waals surface area contributed by atoms with Crippen molar-refractivity contribution >= 4 is 5.91 Å². The average Bonchev–Trinajstić information content (AvgIpc) is 2.38. The topological polar surface area (TPSA) is 60.8 Å². The Hall–Kier alpha value is -1.62. The van der Waals surface area contributed by atoms with Crippen LogP contribution in [-0.4, -0.2) is 40.2 Å². The fourth-order valence-electron chi connectivity index (χ4n) is 2.44. The highest BCUT2D eigenvalue weighted by Crippen LogP contribution is 2.25. The summed E-state index contributed by atoms with van der Waals surface area (Å²) in [6.45, 7) is 2.85. The number of halogens is 1. The number of rotatable bonds is 2. The standard InChI is InChI=1S/C14H18FNO3/c1-9(17)10-4-6-16(7-5-10)14(19)12-3-2-11(15)8-13(12)18/h2-3,8-10,17-18H,4-7H2,1H3. The van der Waals surface area contributed by atoms with E-state index in [1.807, 2.05) is 0 Å². The Bertz CT molecular complexity index is 468. The number of nitrogens with zero attached hydrogens (tertiary/aromatic N) is 1. The van der Waals surface area contributed by atoms with Crippen LogP contribution in [0.4, 0.5) is 4.39 Å². The van der Waals surface area contributed by atoms with Crippen molar-refractivity contribution < 1.29 is 19.4 Å². The Morgan fingerprint density at radius 3 is 2.58 bits per heavy atom. The highest BCUT2D eigenvalue weighted by Gasteiger charge is 2.27. The van der Waals surface area contributed by atoms with Gasteiger partial charge in [-0.05, 0) is 37.8 Å². The van der Waals surface area contributed by atoms with Gasteiger partial charge in [0.05, 0.1) is 11.7 Å². The number of carbonyl (C=O) groups is 1. The van der Waals surface area contributed by atoms with Gasteiger partial charge >= 0.3 is 0 Å². The fraction of sp³-hybridized carbons (Fsp3) is 0.500. The zero-order valence-electron chi connectivity index (χ0n) is 10.8. The molecule has 2 N–H and O–H groups in total. The summed E-state index contributed by atoms with van der Waals surface area (Å²) in [5.41, 5.74) is 0.122. The van der Waals surface area contributed by atoms with E-state index < -0.39 is 5.82 Å². The van der Waals surface area contributed by atoms with Crippen molar-refractivity contribution in [2.45, 2.75) is 25.9 Å². The van der Waals surface area contributed by atoms with Gasteiger partial charge in [0, 0.05) is 19.2 Å². The van der Waals surface area contributed by atoms with E-state index in [0.717, 1.165) is 25.0 Å². The highest BCUT2D eigenvalue weighted by molar-refractivity contribution is 5.96. The molecule has 1 atom stereocenters. The normalized spacial score (nSPS) is 18.4. The molecule has 0 bridgehead atoms. The largest absolute Gasteiger partial charge is 0.507 e. The minimum atomic E-state index is -0.568. The second kappa shape index (κ2) is 5.57. The maximum absolute atomic E-state index is 12.9.